The lowest BCUT2D eigenvalue weighted by molar-refractivity contribution is -0.168. The first-order valence-electron chi connectivity index (χ1n) is 6.53. The number of esters is 1. The molecule has 0 saturated carbocycles. The van der Waals surface area contributed by atoms with E-state index in [-0.39, 0.29) is 25.3 Å². The second-order valence-electron chi connectivity index (χ2n) is 4.71. The zero-order valence-electron chi connectivity index (χ0n) is 11.9. The molecule has 0 aromatic heterocycles. The van der Waals surface area contributed by atoms with Crippen LogP contribution in [0.2, 0.25) is 0 Å². The Balaban J connectivity index is 3.18. The number of aryl methyl sites for hydroxylation is 1. The van der Waals surface area contributed by atoms with Crippen LogP contribution in [-0.2, 0) is 20.7 Å². The van der Waals surface area contributed by atoms with Crippen molar-refractivity contribution in [2.75, 3.05) is 6.61 Å². The molecule has 0 aliphatic carbocycles. The van der Waals surface area contributed by atoms with Crippen LogP contribution in [-0.4, -0.2) is 23.7 Å². The Morgan fingerprint density at radius 2 is 2.00 bits per heavy atom. The van der Waals surface area contributed by atoms with E-state index in [1.807, 2.05) is 0 Å². The van der Waals surface area contributed by atoms with Gasteiger partial charge in [-0.3, -0.25) is 9.59 Å². The molecule has 0 bridgehead atoms. The Hall–Kier alpha value is -1.91. The molecule has 0 radical (unpaired) electrons. The van der Waals surface area contributed by atoms with E-state index in [1.54, 1.807) is 20.8 Å². The molecule has 0 aliphatic heterocycles. The molecule has 4 nitrogen and oxygen atoms in total. The van der Waals surface area contributed by atoms with Crippen LogP contribution in [0, 0.1) is 18.2 Å². The van der Waals surface area contributed by atoms with Gasteiger partial charge >= 0.3 is 11.9 Å². The van der Waals surface area contributed by atoms with Gasteiger partial charge in [0.15, 0.2) is 5.41 Å². The lowest BCUT2D eigenvalue weighted by Gasteiger charge is -2.26. The van der Waals surface area contributed by atoms with E-state index in [2.05, 4.69) is 0 Å². The molecule has 1 atom stereocenters. The highest BCUT2D eigenvalue weighted by Gasteiger charge is 2.46. The maximum Gasteiger partial charge on any atom is 0.323 e. The number of carbonyl (C=O) groups is 2. The van der Waals surface area contributed by atoms with Crippen LogP contribution in [0.5, 0.6) is 0 Å². The maximum atomic E-state index is 13.1. The molecule has 1 rings (SSSR count). The molecule has 110 valence electrons. The van der Waals surface area contributed by atoms with E-state index in [1.165, 1.54) is 18.2 Å². The number of carboxylic acids is 1. The quantitative estimate of drug-likeness (QED) is 0.643. The van der Waals surface area contributed by atoms with Gasteiger partial charge in [0, 0.05) is 0 Å². The van der Waals surface area contributed by atoms with Gasteiger partial charge in [0.2, 0.25) is 0 Å². The summed E-state index contributed by atoms with van der Waals surface area (Å²) >= 11 is 0. The second-order valence-corrected chi connectivity index (χ2v) is 4.71. The number of halogens is 1. The fourth-order valence-corrected chi connectivity index (χ4v) is 2.11. The first-order valence-corrected chi connectivity index (χ1v) is 6.53. The number of carboxylic acid groups (broad SMARTS) is 1. The normalized spacial score (nSPS) is 13.6. The predicted molar refractivity (Wildman–Crippen MR) is 71.8 cm³/mol. The number of ether oxygens (including phenoxy) is 1. The second kappa shape index (κ2) is 6.50. The topological polar surface area (TPSA) is 63.6 Å². The first-order chi connectivity index (χ1) is 9.37. The first kappa shape index (κ1) is 16.1. The van der Waals surface area contributed by atoms with Crippen molar-refractivity contribution in [1.29, 1.82) is 0 Å². The van der Waals surface area contributed by atoms with E-state index in [9.17, 15) is 19.1 Å². The third-order valence-electron chi connectivity index (χ3n) is 3.48. The Kier molecular flexibility index (Phi) is 5.25. The highest BCUT2D eigenvalue weighted by atomic mass is 19.1. The average molecular weight is 282 g/mol. The Morgan fingerprint density at radius 3 is 2.45 bits per heavy atom. The molecule has 1 aromatic carbocycles. The molecule has 20 heavy (non-hydrogen) atoms. The maximum absolute atomic E-state index is 13.1. The fourth-order valence-electron chi connectivity index (χ4n) is 2.11. The van der Waals surface area contributed by atoms with Crippen LogP contribution < -0.4 is 0 Å². The summed E-state index contributed by atoms with van der Waals surface area (Å²) < 4.78 is 18.0. The van der Waals surface area contributed by atoms with Crippen molar-refractivity contribution >= 4 is 11.9 Å². The zero-order valence-corrected chi connectivity index (χ0v) is 11.9. The lowest BCUT2D eigenvalue weighted by Crippen LogP contribution is -2.42. The molecule has 0 spiro atoms. The van der Waals surface area contributed by atoms with E-state index >= 15 is 0 Å². The summed E-state index contributed by atoms with van der Waals surface area (Å²) in [5.74, 6) is -2.36. The SMILES string of the molecule is CCOC(=O)C(CC)(Cc1ccc(F)cc1C)C(=O)O. The molecular weight excluding hydrogens is 263 g/mol. The number of benzene rings is 1. The van der Waals surface area contributed by atoms with Crippen LogP contribution in [0.25, 0.3) is 0 Å². The molecule has 0 saturated heterocycles. The molecular formula is C15H19FO4. The molecule has 0 amide bonds. The van der Waals surface area contributed by atoms with Crippen LogP contribution in [0.4, 0.5) is 4.39 Å². The van der Waals surface area contributed by atoms with E-state index in [4.69, 9.17) is 4.74 Å². The van der Waals surface area contributed by atoms with Crippen molar-refractivity contribution in [2.24, 2.45) is 5.41 Å². The highest BCUT2D eigenvalue weighted by Crippen LogP contribution is 2.31. The predicted octanol–water partition coefficient (Wildman–Crippen LogP) is 2.72. The third kappa shape index (κ3) is 3.15. The molecule has 0 fully saturated rings. The minimum Gasteiger partial charge on any atom is -0.480 e. The van der Waals surface area contributed by atoms with Gasteiger partial charge in [0.05, 0.1) is 6.61 Å². The van der Waals surface area contributed by atoms with Crippen LogP contribution in [0.15, 0.2) is 18.2 Å². The van der Waals surface area contributed by atoms with Crippen molar-refractivity contribution < 1.29 is 23.8 Å². The largest absolute Gasteiger partial charge is 0.480 e. The van der Waals surface area contributed by atoms with E-state index in [0.29, 0.717) is 11.1 Å². The van der Waals surface area contributed by atoms with Gasteiger partial charge in [-0.25, -0.2) is 4.39 Å². The van der Waals surface area contributed by atoms with Gasteiger partial charge in [-0.15, -0.1) is 0 Å². The van der Waals surface area contributed by atoms with Gasteiger partial charge in [-0.05, 0) is 49.9 Å². The van der Waals surface area contributed by atoms with Gasteiger partial charge in [-0.2, -0.15) is 0 Å². The Bertz CT molecular complexity index is 513. The molecule has 1 aromatic rings. The summed E-state index contributed by atoms with van der Waals surface area (Å²) in [6, 6.07) is 4.09. The van der Waals surface area contributed by atoms with Crippen LogP contribution in [0.3, 0.4) is 0 Å². The summed E-state index contributed by atoms with van der Waals surface area (Å²) in [6.45, 7) is 5.06. The number of hydrogen-bond acceptors (Lipinski definition) is 3. The number of aliphatic carboxylic acids is 1. The highest BCUT2D eigenvalue weighted by molar-refractivity contribution is 5.99. The molecule has 0 heterocycles. The van der Waals surface area contributed by atoms with Crippen LogP contribution in [0.1, 0.15) is 31.4 Å². The standard InChI is InChI=1S/C15H19FO4/c1-4-15(13(17)18,14(19)20-5-2)9-11-6-7-12(16)8-10(11)3/h6-8H,4-5,9H2,1-3H3,(H,17,18). The van der Waals surface area contributed by atoms with Crippen molar-refractivity contribution in [3.63, 3.8) is 0 Å². The van der Waals surface area contributed by atoms with Crippen molar-refractivity contribution in [1.82, 2.24) is 0 Å². The summed E-state index contributed by atoms with van der Waals surface area (Å²) in [4.78, 5) is 23.6. The van der Waals surface area contributed by atoms with E-state index < -0.39 is 17.4 Å². The summed E-state index contributed by atoms with van der Waals surface area (Å²) in [7, 11) is 0. The van der Waals surface area contributed by atoms with E-state index in [0.717, 1.165) is 0 Å². The van der Waals surface area contributed by atoms with Crippen molar-refractivity contribution in [3.05, 3.63) is 35.1 Å². The molecule has 1 unspecified atom stereocenters. The minimum atomic E-state index is -1.63. The smallest absolute Gasteiger partial charge is 0.323 e. The third-order valence-corrected chi connectivity index (χ3v) is 3.48. The van der Waals surface area contributed by atoms with Gasteiger partial charge in [0.1, 0.15) is 5.82 Å². The van der Waals surface area contributed by atoms with Crippen molar-refractivity contribution in [2.45, 2.75) is 33.6 Å². The Labute approximate surface area is 117 Å². The van der Waals surface area contributed by atoms with Crippen molar-refractivity contribution in [3.8, 4) is 0 Å². The van der Waals surface area contributed by atoms with Gasteiger partial charge < -0.3 is 9.84 Å². The monoisotopic (exact) mass is 282 g/mol. The number of rotatable bonds is 6. The fraction of sp³-hybridized carbons (Fsp3) is 0.467. The molecule has 1 N–H and O–H groups in total. The molecule has 5 heteroatoms. The zero-order chi connectivity index (χ0) is 15.3. The molecule has 0 aliphatic rings. The average Bonchev–Trinajstić information content (AvgIpc) is 2.38. The minimum absolute atomic E-state index is 0.0101. The van der Waals surface area contributed by atoms with Crippen LogP contribution >= 0.6 is 0 Å². The summed E-state index contributed by atoms with van der Waals surface area (Å²) in [5, 5.41) is 9.45. The lowest BCUT2D eigenvalue weighted by atomic mass is 9.78. The summed E-state index contributed by atoms with van der Waals surface area (Å²) in [5.41, 5.74) is -0.379. The Morgan fingerprint density at radius 1 is 1.35 bits per heavy atom. The van der Waals surface area contributed by atoms with Gasteiger partial charge in [0.25, 0.3) is 0 Å². The van der Waals surface area contributed by atoms with Gasteiger partial charge in [-0.1, -0.05) is 13.0 Å². The summed E-state index contributed by atoms with van der Waals surface area (Å²) in [6.07, 6.45) is 0.0990. The number of carbonyl (C=O) groups excluding carboxylic acids is 1. The number of hydrogen-bond donors (Lipinski definition) is 1.